The lowest BCUT2D eigenvalue weighted by Crippen LogP contribution is -2.45. The summed E-state index contributed by atoms with van der Waals surface area (Å²) in [5.41, 5.74) is 7.69. The molecule has 2 atom stereocenters. The molecular formula is C21H28N4O4. The summed E-state index contributed by atoms with van der Waals surface area (Å²) in [5, 5.41) is 3.02. The number of hydrogen-bond acceptors (Lipinski definition) is 5. The van der Waals surface area contributed by atoms with Gasteiger partial charge in [0.2, 0.25) is 17.7 Å². The van der Waals surface area contributed by atoms with E-state index in [1.807, 2.05) is 32.0 Å². The van der Waals surface area contributed by atoms with Crippen molar-refractivity contribution in [1.82, 2.24) is 15.8 Å². The number of fused-ring (bicyclic) bond motifs is 1. The van der Waals surface area contributed by atoms with Gasteiger partial charge in [0.25, 0.3) is 5.91 Å². The minimum absolute atomic E-state index is 0.0106. The summed E-state index contributed by atoms with van der Waals surface area (Å²) in [6.07, 6.45) is 3.40. The molecule has 1 heterocycles. The first-order valence-electron chi connectivity index (χ1n) is 10.1. The van der Waals surface area contributed by atoms with Crippen molar-refractivity contribution in [1.29, 1.82) is 0 Å². The van der Waals surface area contributed by atoms with Crippen LogP contribution < -0.4 is 16.2 Å². The number of hydrogen-bond donors (Lipinski definition) is 3. The Kier molecular flexibility index (Phi) is 6.51. The van der Waals surface area contributed by atoms with Crippen molar-refractivity contribution < 1.29 is 19.2 Å². The van der Waals surface area contributed by atoms with Crippen LogP contribution >= 0.6 is 0 Å². The summed E-state index contributed by atoms with van der Waals surface area (Å²) in [6.45, 7) is 4.01. The molecule has 2 fully saturated rings. The van der Waals surface area contributed by atoms with Crippen molar-refractivity contribution in [2.75, 3.05) is 18.4 Å². The predicted octanol–water partition coefficient (Wildman–Crippen LogP) is 1.43. The highest BCUT2D eigenvalue weighted by atomic mass is 16.2. The molecule has 0 radical (unpaired) electrons. The fourth-order valence-electron chi connectivity index (χ4n) is 4.10. The third-order valence-electron chi connectivity index (χ3n) is 5.66. The van der Waals surface area contributed by atoms with Gasteiger partial charge >= 0.3 is 0 Å². The van der Waals surface area contributed by atoms with Crippen molar-refractivity contribution in [2.45, 2.75) is 46.0 Å². The molecule has 3 N–H and O–H groups in total. The molecule has 1 aliphatic heterocycles. The summed E-state index contributed by atoms with van der Waals surface area (Å²) in [7, 11) is 0. The molecule has 0 bridgehead atoms. The number of hydrazine groups is 1. The van der Waals surface area contributed by atoms with Gasteiger partial charge in [0.15, 0.2) is 0 Å². The average Bonchev–Trinajstić information content (AvgIpc) is 2.94. The summed E-state index contributed by atoms with van der Waals surface area (Å²) >= 11 is 0. The van der Waals surface area contributed by atoms with Crippen LogP contribution in [0.3, 0.4) is 0 Å². The van der Waals surface area contributed by atoms with Crippen molar-refractivity contribution in [3.8, 4) is 0 Å². The maximum atomic E-state index is 12.4. The molecule has 1 saturated heterocycles. The van der Waals surface area contributed by atoms with Gasteiger partial charge in [-0.1, -0.05) is 30.5 Å². The Morgan fingerprint density at radius 1 is 1.00 bits per heavy atom. The zero-order chi connectivity index (χ0) is 21.0. The Morgan fingerprint density at radius 2 is 1.62 bits per heavy atom. The van der Waals surface area contributed by atoms with E-state index in [0.717, 1.165) is 42.5 Å². The van der Waals surface area contributed by atoms with E-state index in [-0.39, 0.29) is 43.2 Å². The van der Waals surface area contributed by atoms with E-state index in [1.54, 1.807) is 0 Å². The zero-order valence-corrected chi connectivity index (χ0v) is 16.9. The van der Waals surface area contributed by atoms with Crippen molar-refractivity contribution in [3.05, 3.63) is 29.3 Å². The van der Waals surface area contributed by atoms with Crippen LogP contribution in [0.1, 0.15) is 43.2 Å². The average molecular weight is 400 g/mol. The molecule has 1 aromatic carbocycles. The van der Waals surface area contributed by atoms with Gasteiger partial charge in [-0.25, -0.2) is 0 Å². The maximum absolute atomic E-state index is 12.4. The molecule has 8 nitrogen and oxygen atoms in total. The lowest BCUT2D eigenvalue weighted by molar-refractivity contribution is -0.140. The Morgan fingerprint density at radius 3 is 2.24 bits per heavy atom. The van der Waals surface area contributed by atoms with Gasteiger partial charge in [-0.05, 0) is 38.3 Å². The van der Waals surface area contributed by atoms with E-state index in [4.69, 9.17) is 0 Å². The minimum Gasteiger partial charge on any atom is -0.376 e. The molecule has 1 aromatic rings. The quantitative estimate of drug-likeness (QED) is 0.495. The number of nitrogens with one attached hydrogen (secondary N) is 3. The predicted molar refractivity (Wildman–Crippen MR) is 107 cm³/mol. The van der Waals surface area contributed by atoms with Gasteiger partial charge < -0.3 is 5.32 Å². The first-order chi connectivity index (χ1) is 13.9. The topological polar surface area (TPSA) is 108 Å². The van der Waals surface area contributed by atoms with Gasteiger partial charge in [0, 0.05) is 18.7 Å². The molecule has 29 heavy (non-hydrogen) atoms. The van der Waals surface area contributed by atoms with Crippen LogP contribution in [0.15, 0.2) is 18.2 Å². The van der Waals surface area contributed by atoms with E-state index in [1.165, 1.54) is 4.90 Å². The van der Waals surface area contributed by atoms with Gasteiger partial charge in [-0.3, -0.25) is 34.9 Å². The molecule has 1 aliphatic carbocycles. The monoisotopic (exact) mass is 400 g/mol. The molecule has 3 rings (SSSR count). The standard InChI is InChI=1S/C21H28N4O4/c1-13-7-8-17(14(2)11-13)22-12-19(27)24-23-18(26)9-10-25-20(28)15-5-3-4-6-16(15)21(25)29/h7-8,11,15-16,22H,3-6,9-10,12H2,1-2H3,(H,23,26)(H,24,27)/t15-,16-/m1/s1. The van der Waals surface area contributed by atoms with Crippen molar-refractivity contribution in [3.63, 3.8) is 0 Å². The number of nitrogens with zero attached hydrogens (tertiary/aromatic N) is 1. The number of aryl methyl sites for hydroxylation is 2. The number of likely N-dealkylation sites (tertiary alicyclic amines) is 1. The number of benzene rings is 1. The lowest BCUT2D eigenvalue weighted by Gasteiger charge is -2.19. The van der Waals surface area contributed by atoms with Crippen LogP contribution in [-0.2, 0) is 19.2 Å². The molecule has 1 saturated carbocycles. The summed E-state index contributed by atoms with van der Waals surface area (Å²) in [6, 6.07) is 5.86. The Labute approximate surface area is 170 Å². The Balaban J connectivity index is 1.39. The highest BCUT2D eigenvalue weighted by Crippen LogP contribution is 2.37. The third kappa shape index (κ3) is 4.93. The summed E-state index contributed by atoms with van der Waals surface area (Å²) in [5.74, 6) is -1.58. The maximum Gasteiger partial charge on any atom is 0.257 e. The number of rotatable bonds is 6. The Hall–Kier alpha value is -2.90. The highest BCUT2D eigenvalue weighted by molar-refractivity contribution is 6.05. The van der Waals surface area contributed by atoms with Crippen LogP contribution in [0.5, 0.6) is 0 Å². The van der Waals surface area contributed by atoms with Crippen LogP contribution in [-0.4, -0.2) is 41.6 Å². The molecule has 8 heteroatoms. The zero-order valence-electron chi connectivity index (χ0n) is 16.9. The van der Waals surface area contributed by atoms with Gasteiger partial charge in [0.1, 0.15) is 0 Å². The molecular weight excluding hydrogens is 372 g/mol. The SMILES string of the molecule is Cc1ccc(NCC(=O)NNC(=O)CCN2C(=O)[C@@H]3CCCC[C@H]3C2=O)c(C)c1. The van der Waals surface area contributed by atoms with Crippen LogP contribution in [0.2, 0.25) is 0 Å². The van der Waals surface area contributed by atoms with Gasteiger partial charge in [-0.2, -0.15) is 0 Å². The third-order valence-corrected chi connectivity index (χ3v) is 5.66. The fourth-order valence-corrected chi connectivity index (χ4v) is 4.10. The lowest BCUT2D eigenvalue weighted by atomic mass is 9.81. The van der Waals surface area contributed by atoms with Crippen molar-refractivity contribution in [2.24, 2.45) is 11.8 Å². The minimum atomic E-state index is -0.444. The molecule has 0 spiro atoms. The van der Waals surface area contributed by atoms with Crippen molar-refractivity contribution >= 4 is 29.3 Å². The van der Waals surface area contributed by atoms with E-state index in [0.29, 0.717) is 0 Å². The number of carbonyl (C=O) groups is 4. The second kappa shape index (κ2) is 9.07. The molecule has 0 aromatic heterocycles. The van der Waals surface area contributed by atoms with Gasteiger partial charge in [-0.15, -0.1) is 0 Å². The van der Waals surface area contributed by atoms with E-state index < -0.39 is 11.8 Å². The smallest absolute Gasteiger partial charge is 0.257 e. The number of amides is 4. The second-order valence-corrected chi connectivity index (χ2v) is 7.84. The normalized spacial score (nSPS) is 21.0. The molecule has 0 unspecified atom stereocenters. The largest absolute Gasteiger partial charge is 0.376 e. The fraction of sp³-hybridized carbons (Fsp3) is 0.524. The molecule has 2 aliphatic rings. The summed E-state index contributed by atoms with van der Waals surface area (Å²) in [4.78, 5) is 49.9. The van der Waals surface area contributed by atoms with Crippen LogP contribution in [0.4, 0.5) is 5.69 Å². The van der Waals surface area contributed by atoms with Crippen LogP contribution in [0, 0.1) is 25.7 Å². The van der Waals surface area contributed by atoms with Crippen LogP contribution in [0.25, 0.3) is 0 Å². The van der Waals surface area contributed by atoms with Gasteiger partial charge in [0.05, 0.1) is 18.4 Å². The van der Waals surface area contributed by atoms with E-state index >= 15 is 0 Å². The highest BCUT2D eigenvalue weighted by Gasteiger charge is 2.47. The number of carbonyl (C=O) groups excluding carboxylic acids is 4. The first-order valence-corrected chi connectivity index (χ1v) is 10.1. The molecule has 4 amide bonds. The second-order valence-electron chi connectivity index (χ2n) is 7.84. The number of imide groups is 1. The number of anilines is 1. The van der Waals surface area contributed by atoms with E-state index in [2.05, 4.69) is 16.2 Å². The van der Waals surface area contributed by atoms with E-state index in [9.17, 15) is 19.2 Å². The molecule has 156 valence electrons. The Bertz CT molecular complexity index is 799. The summed E-state index contributed by atoms with van der Waals surface area (Å²) < 4.78 is 0. The first kappa shape index (κ1) is 20.8.